The molecule has 37 heavy (non-hydrogen) atoms. The molecule has 3 aromatic rings. The van der Waals surface area contributed by atoms with Gasteiger partial charge in [-0.2, -0.15) is 0 Å². The van der Waals surface area contributed by atoms with Gasteiger partial charge in [-0.1, -0.05) is 66.7 Å². The van der Waals surface area contributed by atoms with Crippen LogP contribution in [0.15, 0.2) is 90.3 Å². The fourth-order valence-electron chi connectivity index (χ4n) is 5.48. The highest BCUT2D eigenvalue weighted by Crippen LogP contribution is 2.47. The maximum Gasteiger partial charge on any atom is 0.320 e. The zero-order valence-corrected chi connectivity index (χ0v) is 21.1. The van der Waals surface area contributed by atoms with Crippen molar-refractivity contribution in [2.45, 2.75) is 19.3 Å². The Labute approximate surface area is 217 Å². The van der Waals surface area contributed by atoms with E-state index in [4.69, 9.17) is 14.5 Å². The molecule has 0 spiro atoms. The number of pyridine rings is 1. The van der Waals surface area contributed by atoms with E-state index in [1.165, 1.54) is 19.8 Å². The van der Waals surface area contributed by atoms with Gasteiger partial charge in [-0.25, -0.2) is 4.98 Å². The van der Waals surface area contributed by atoms with Crippen molar-refractivity contribution in [2.24, 2.45) is 11.8 Å². The third-order valence-corrected chi connectivity index (χ3v) is 7.23. The molecule has 1 aliphatic heterocycles. The van der Waals surface area contributed by atoms with Gasteiger partial charge < -0.3 is 14.4 Å². The third kappa shape index (κ3) is 4.92. The van der Waals surface area contributed by atoms with E-state index in [-0.39, 0.29) is 5.92 Å². The van der Waals surface area contributed by atoms with Crippen molar-refractivity contribution in [3.8, 4) is 0 Å². The van der Waals surface area contributed by atoms with Crippen molar-refractivity contribution in [1.82, 2.24) is 4.98 Å². The summed E-state index contributed by atoms with van der Waals surface area (Å²) in [5.74, 6) is -1.48. The molecule has 2 aliphatic rings. The summed E-state index contributed by atoms with van der Waals surface area (Å²) in [5, 5.41) is 0. The number of hydrogen-bond acceptors (Lipinski definition) is 6. The van der Waals surface area contributed by atoms with Gasteiger partial charge in [0.1, 0.15) is 5.82 Å². The second-order valence-corrected chi connectivity index (χ2v) is 9.34. The molecular weight excluding hydrogens is 464 g/mol. The molecule has 6 nitrogen and oxygen atoms in total. The molecule has 188 valence electrons. The van der Waals surface area contributed by atoms with Gasteiger partial charge in [0.05, 0.1) is 14.2 Å². The minimum atomic E-state index is -0.998. The zero-order valence-electron chi connectivity index (χ0n) is 21.1. The Morgan fingerprint density at radius 2 is 1.59 bits per heavy atom. The predicted octanol–water partition coefficient (Wildman–Crippen LogP) is 5.31. The minimum absolute atomic E-state index is 0.291. The number of nitrogens with zero attached hydrogens (tertiary/aromatic N) is 2. The van der Waals surface area contributed by atoms with Crippen molar-refractivity contribution < 1.29 is 19.1 Å². The maximum atomic E-state index is 12.8. The van der Waals surface area contributed by atoms with Crippen LogP contribution in [-0.2, 0) is 25.5 Å². The first-order valence-electron chi connectivity index (χ1n) is 12.5. The van der Waals surface area contributed by atoms with Crippen LogP contribution in [0.25, 0.3) is 11.6 Å². The minimum Gasteiger partial charge on any atom is -0.468 e. The number of carbonyl (C=O) groups excluding carboxylic acids is 2. The largest absolute Gasteiger partial charge is 0.468 e. The van der Waals surface area contributed by atoms with Crippen molar-refractivity contribution in [3.05, 3.63) is 107 Å². The monoisotopic (exact) mass is 494 g/mol. The van der Waals surface area contributed by atoms with E-state index in [9.17, 15) is 9.59 Å². The Balaban J connectivity index is 1.66. The molecule has 0 N–H and O–H groups in total. The zero-order chi connectivity index (χ0) is 25.8. The summed E-state index contributed by atoms with van der Waals surface area (Å²) in [4.78, 5) is 32.5. The number of allylic oxidation sites excluding steroid dienone is 3. The van der Waals surface area contributed by atoms with Crippen LogP contribution in [0.1, 0.15) is 29.5 Å². The van der Waals surface area contributed by atoms with Gasteiger partial charge in [-0.15, -0.1) is 0 Å². The molecule has 2 aromatic carbocycles. The van der Waals surface area contributed by atoms with Crippen molar-refractivity contribution in [1.29, 1.82) is 0 Å². The smallest absolute Gasteiger partial charge is 0.320 e. The average Bonchev–Trinajstić information content (AvgIpc) is 3.57. The van der Waals surface area contributed by atoms with Crippen LogP contribution < -0.4 is 4.90 Å². The van der Waals surface area contributed by atoms with E-state index >= 15 is 0 Å². The highest BCUT2D eigenvalue weighted by molar-refractivity contribution is 5.97. The van der Waals surface area contributed by atoms with Crippen molar-refractivity contribution in [2.75, 3.05) is 25.7 Å². The molecule has 0 radical (unpaired) electrons. The van der Waals surface area contributed by atoms with Crippen LogP contribution in [0.2, 0.25) is 0 Å². The molecule has 1 atom stereocenters. The van der Waals surface area contributed by atoms with Crippen LogP contribution in [0, 0.1) is 11.8 Å². The number of methoxy groups -OCH3 is 2. The summed E-state index contributed by atoms with van der Waals surface area (Å²) < 4.78 is 10.1. The summed E-state index contributed by atoms with van der Waals surface area (Å²) in [6.07, 6.45) is 5.97. The Hall–Kier alpha value is -4.19. The van der Waals surface area contributed by atoms with Gasteiger partial charge >= 0.3 is 11.9 Å². The number of hydrogen-bond donors (Lipinski definition) is 0. The van der Waals surface area contributed by atoms with Crippen LogP contribution in [0.3, 0.4) is 0 Å². The average molecular weight is 495 g/mol. The van der Waals surface area contributed by atoms with E-state index in [2.05, 4.69) is 41.3 Å². The molecule has 1 aliphatic carbocycles. The lowest BCUT2D eigenvalue weighted by Gasteiger charge is -2.24. The van der Waals surface area contributed by atoms with Gasteiger partial charge in [0, 0.05) is 18.4 Å². The molecule has 0 fully saturated rings. The van der Waals surface area contributed by atoms with Gasteiger partial charge in [0.25, 0.3) is 0 Å². The molecule has 0 bridgehead atoms. The normalized spacial score (nSPS) is 17.2. The summed E-state index contributed by atoms with van der Waals surface area (Å²) in [5.41, 5.74) is 6.62. The highest BCUT2D eigenvalue weighted by Gasteiger charge is 2.43. The molecule has 1 unspecified atom stereocenters. The number of esters is 2. The summed E-state index contributed by atoms with van der Waals surface area (Å²) in [6.45, 7) is 0.798. The Bertz CT molecular complexity index is 1330. The standard InChI is InChI=1S/C31H30N2O4/c1-36-30(34)28(31(35)37-2)24-19-26(27(20-24)33-17-15-23-14-9-16-32-29(23)33)25(22-12-7-4-8-13-22)18-21-10-5-3-6-11-21/h3-14,16,18,24,28H,15,17,19-20H2,1-2H3/b25-18+. The summed E-state index contributed by atoms with van der Waals surface area (Å²) in [6, 6.07) is 24.5. The Kier molecular flexibility index (Phi) is 7.17. The fraction of sp³-hybridized carbons (Fsp3) is 0.258. The van der Waals surface area contributed by atoms with Crippen LogP contribution in [-0.4, -0.2) is 37.7 Å². The SMILES string of the molecule is COC(=O)C(C(=O)OC)C1CC(/C(=C/c2ccccc2)c2ccccc2)=C(N2CCc3cccnc32)C1. The summed E-state index contributed by atoms with van der Waals surface area (Å²) in [7, 11) is 2.63. The number of ether oxygens (including phenoxy) is 2. The second-order valence-electron chi connectivity index (χ2n) is 9.34. The molecule has 0 amide bonds. The molecule has 0 saturated heterocycles. The molecule has 2 heterocycles. The van der Waals surface area contributed by atoms with E-state index in [0.29, 0.717) is 12.8 Å². The molecule has 0 saturated carbocycles. The van der Waals surface area contributed by atoms with Crippen LogP contribution >= 0.6 is 0 Å². The van der Waals surface area contributed by atoms with Crippen LogP contribution in [0.4, 0.5) is 5.82 Å². The van der Waals surface area contributed by atoms with Gasteiger partial charge in [0.2, 0.25) is 0 Å². The van der Waals surface area contributed by atoms with Crippen molar-refractivity contribution in [3.63, 3.8) is 0 Å². The number of carbonyl (C=O) groups is 2. The fourth-order valence-corrected chi connectivity index (χ4v) is 5.48. The third-order valence-electron chi connectivity index (χ3n) is 7.23. The summed E-state index contributed by atoms with van der Waals surface area (Å²) >= 11 is 0. The first kappa shape index (κ1) is 24.5. The Morgan fingerprint density at radius 3 is 2.27 bits per heavy atom. The van der Waals surface area contributed by atoms with E-state index in [1.54, 1.807) is 0 Å². The predicted molar refractivity (Wildman–Crippen MR) is 143 cm³/mol. The number of benzene rings is 2. The molecule has 5 rings (SSSR count). The highest BCUT2D eigenvalue weighted by atomic mass is 16.5. The molecule has 6 heteroatoms. The lowest BCUT2D eigenvalue weighted by molar-refractivity contribution is -0.161. The van der Waals surface area contributed by atoms with E-state index in [0.717, 1.165) is 46.8 Å². The van der Waals surface area contributed by atoms with E-state index < -0.39 is 17.9 Å². The maximum absolute atomic E-state index is 12.8. The second kappa shape index (κ2) is 10.8. The van der Waals surface area contributed by atoms with Crippen molar-refractivity contribution >= 4 is 29.4 Å². The molecular formula is C31H30N2O4. The Morgan fingerprint density at radius 1 is 0.919 bits per heavy atom. The lowest BCUT2D eigenvalue weighted by Crippen LogP contribution is -2.33. The number of fused-ring (bicyclic) bond motifs is 1. The topological polar surface area (TPSA) is 68.7 Å². The van der Waals surface area contributed by atoms with Crippen LogP contribution in [0.5, 0.6) is 0 Å². The number of aromatic nitrogens is 1. The first-order valence-corrected chi connectivity index (χ1v) is 12.5. The molecule has 1 aromatic heterocycles. The van der Waals surface area contributed by atoms with E-state index in [1.807, 2.05) is 48.7 Å². The van der Waals surface area contributed by atoms with Gasteiger partial charge in [-0.05, 0) is 65.2 Å². The number of anilines is 1. The number of rotatable bonds is 7. The first-order chi connectivity index (χ1) is 18.1. The lowest BCUT2D eigenvalue weighted by atomic mass is 9.87. The van der Waals surface area contributed by atoms with Gasteiger partial charge in [0.15, 0.2) is 5.92 Å². The van der Waals surface area contributed by atoms with Gasteiger partial charge in [-0.3, -0.25) is 9.59 Å². The quantitative estimate of drug-likeness (QED) is 0.252.